The third-order valence-electron chi connectivity index (χ3n) is 4.12. The Morgan fingerprint density at radius 1 is 1.10 bits per heavy atom. The Morgan fingerprint density at radius 2 is 1.85 bits per heavy atom. The lowest BCUT2D eigenvalue weighted by atomic mass is 10.0. The van der Waals surface area contributed by atoms with Crippen LogP contribution in [0, 0.1) is 11.3 Å². The van der Waals surface area contributed by atoms with Crippen molar-refractivity contribution >= 4 is 0 Å². The van der Waals surface area contributed by atoms with Gasteiger partial charge in [0, 0.05) is 6.04 Å². The normalized spacial score (nSPS) is 20.1. The number of ether oxygens (including phenoxy) is 2. The summed E-state index contributed by atoms with van der Waals surface area (Å²) in [5.74, 6) is 1.50. The summed E-state index contributed by atoms with van der Waals surface area (Å²) in [4.78, 5) is 0. The monoisotopic (exact) mass is 272 g/mol. The molecule has 1 heterocycles. The van der Waals surface area contributed by atoms with Gasteiger partial charge < -0.3 is 9.47 Å². The van der Waals surface area contributed by atoms with Crippen LogP contribution in [0.15, 0.2) is 18.2 Å². The molecule has 4 heteroatoms. The zero-order valence-electron chi connectivity index (χ0n) is 11.6. The molecule has 0 aromatic heterocycles. The summed E-state index contributed by atoms with van der Waals surface area (Å²) in [6, 6.07) is 8.30. The molecule has 1 unspecified atom stereocenters. The fourth-order valence-electron chi connectivity index (χ4n) is 2.98. The molecule has 20 heavy (non-hydrogen) atoms. The summed E-state index contributed by atoms with van der Waals surface area (Å²) in [5, 5.41) is 12.9. The summed E-state index contributed by atoms with van der Waals surface area (Å²) in [6.45, 7) is 0.270. The first-order chi connectivity index (χ1) is 9.86. The van der Waals surface area contributed by atoms with Crippen LogP contribution in [-0.4, -0.2) is 12.8 Å². The number of hydrogen-bond acceptors (Lipinski definition) is 4. The second kappa shape index (κ2) is 6.15. The number of nitriles is 1. The van der Waals surface area contributed by atoms with Gasteiger partial charge in [0.05, 0.1) is 6.07 Å². The molecule has 1 aromatic rings. The van der Waals surface area contributed by atoms with Gasteiger partial charge in [-0.3, -0.25) is 5.32 Å². The molecule has 2 aliphatic rings. The first-order valence-corrected chi connectivity index (χ1v) is 7.42. The van der Waals surface area contributed by atoms with E-state index in [1.54, 1.807) is 0 Å². The van der Waals surface area contributed by atoms with Crippen LogP contribution in [0.5, 0.6) is 11.5 Å². The van der Waals surface area contributed by atoms with Crippen molar-refractivity contribution in [3.63, 3.8) is 0 Å². The van der Waals surface area contributed by atoms with E-state index in [2.05, 4.69) is 11.4 Å². The smallest absolute Gasteiger partial charge is 0.231 e. The van der Waals surface area contributed by atoms with Crippen LogP contribution in [0.1, 0.15) is 50.1 Å². The highest BCUT2D eigenvalue weighted by atomic mass is 16.7. The van der Waals surface area contributed by atoms with Gasteiger partial charge in [-0.15, -0.1) is 0 Å². The molecule has 1 aromatic carbocycles. The fraction of sp³-hybridized carbons (Fsp3) is 0.562. The lowest BCUT2D eigenvalue weighted by Crippen LogP contribution is -2.31. The van der Waals surface area contributed by atoms with E-state index < -0.39 is 0 Å². The van der Waals surface area contributed by atoms with E-state index in [1.165, 1.54) is 38.5 Å². The molecule has 1 aliphatic heterocycles. The lowest BCUT2D eigenvalue weighted by molar-refractivity contribution is 0.174. The first-order valence-electron chi connectivity index (χ1n) is 7.42. The van der Waals surface area contributed by atoms with Gasteiger partial charge in [0.1, 0.15) is 6.04 Å². The van der Waals surface area contributed by atoms with Crippen molar-refractivity contribution in [2.75, 3.05) is 6.79 Å². The van der Waals surface area contributed by atoms with Crippen molar-refractivity contribution in [2.45, 2.75) is 50.6 Å². The number of hydrogen-bond donors (Lipinski definition) is 1. The van der Waals surface area contributed by atoms with Crippen LogP contribution < -0.4 is 14.8 Å². The number of rotatable bonds is 3. The third kappa shape index (κ3) is 2.88. The maximum Gasteiger partial charge on any atom is 0.231 e. The average molecular weight is 272 g/mol. The van der Waals surface area contributed by atoms with Gasteiger partial charge in [0.15, 0.2) is 11.5 Å². The molecule has 0 spiro atoms. The Kier molecular flexibility index (Phi) is 4.08. The summed E-state index contributed by atoms with van der Waals surface area (Å²) < 4.78 is 10.7. The lowest BCUT2D eigenvalue weighted by Gasteiger charge is -2.20. The van der Waals surface area contributed by atoms with Gasteiger partial charge in [-0.25, -0.2) is 0 Å². The maximum atomic E-state index is 9.44. The average Bonchev–Trinajstić information content (AvgIpc) is 2.79. The molecule has 1 atom stereocenters. The molecular formula is C16H20N2O2. The van der Waals surface area contributed by atoms with E-state index in [0.29, 0.717) is 6.04 Å². The van der Waals surface area contributed by atoms with Crippen molar-refractivity contribution in [1.82, 2.24) is 5.32 Å². The second-order valence-electron chi connectivity index (χ2n) is 5.53. The van der Waals surface area contributed by atoms with Gasteiger partial charge in [0.25, 0.3) is 0 Å². The Hall–Kier alpha value is -1.73. The van der Waals surface area contributed by atoms with Crippen LogP contribution in [-0.2, 0) is 0 Å². The van der Waals surface area contributed by atoms with Crippen LogP contribution >= 0.6 is 0 Å². The van der Waals surface area contributed by atoms with Crippen molar-refractivity contribution in [3.8, 4) is 17.6 Å². The quantitative estimate of drug-likeness (QED) is 0.858. The topological polar surface area (TPSA) is 54.3 Å². The van der Waals surface area contributed by atoms with Gasteiger partial charge in [-0.2, -0.15) is 5.26 Å². The Bertz CT molecular complexity index is 502. The van der Waals surface area contributed by atoms with Gasteiger partial charge in [-0.05, 0) is 30.5 Å². The molecule has 1 aliphatic carbocycles. The van der Waals surface area contributed by atoms with Crippen molar-refractivity contribution in [3.05, 3.63) is 23.8 Å². The highest BCUT2D eigenvalue weighted by Crippen LogP contribution is 2.34. The van der Waals surface area contributed by atoms with E-state index >= 15 is 0 Å². The summed E-state index contributed by atoms with van der Waals surface area (Å²) in [7, 11) is 0. The summed E-state index contributed by atoms with van der Waals surface area (Å²) >= 11 is 0. The largest absolute Gasteiger partial charge is 0.454 e. The fourth-order valence-corrected chi connectivity index (χ4v) is 2.98. The van der Waals surface area contributed by atoms with E-state index in [1.807, 2.05) is 18.2 Å². The predicted molar refractivity (Wildman–Crippen MR) is 75.5 cm³/mol. The van der Waals surface area contributed by atoms with Crippen LogP contribution in [0.4, 0.5) is 0 Å². The number of nitrogens with one attached hydrogen (secondary N) is 1. The highest BCUT2D eigenvalue weighted by Gasteiger charge is 2.21. The van der Waals surface area contributed by atoms with Gasteiger partial charge >= 0.3 is 0 Å². The number of nitrogens with zero attached hydrogens (tertiary/aromatic N) is 1. The molecule has 0 radical (unpaired) electrons. The Labute approximate surface area is 119 Å². The molecule has 0 saturated heterocycles. The minimum atomic E-state index is -0.271. The SMILES string of the molecule is N#CC(NC1CCCCCC1)c1ccc2c(c1)OCO2. The third-order valence-corrected chi connectivity index (χ3v) is 4.12. The molecule has 1 N–H and O–H groups in total. The molecule has 1 saturated carbocycles. The highest BCUT2D eigenvalue weighted by molar-refractivity contribution is 5.46. The number of fused-ring (bicyclic) bond motifs is 1. The Balaban J connectivity index is 1.71. The van der Waals surface area contributed by atoms with Crippen molar-refractivity contribution < 1.29 is 9.47 Å². The van der Waals surface area contributed by atoms with E-state index in [9.17, 15) is 5.26 Å². The predicted octanol–water partition coefficient (Wildman–Crippen LogP) is 3.29. The Morgan fingerprint density at radius 3 is 2.60 bits per heavy atom. The van der Waals surface area contributed by atoms with Crippen molar-refractivity contribution in [1.29, 1.82) is 5.26 Å². The minimum absolute atomic E-state index is 0.270. The van der Waals surface area contributed by atoms with Crippen LogP contribution in [0.2, 0.25) is 0 Å². The zero-order valence-corrected chi connectivity index (χ0v) is 11.6. The van der Waals surface area contributed by atoms with Crippen LogP contribution in [0.25, 0.3) is 0 Å². The van der Waals surface area contributed by atoms with E-state index in [4.69, 9.17) is 9.47 Å². The standard InChI is InChI=1S/C16H20N2O2/c17-10-14(18-13-5-3-1-2-4-6-13)12-7-8-15-16(9-12)20-11-19-15/h7-9,13-14,18H,1-6,11H2. The van der Waals surface area contributed by atoms with Gasteiger partial charge in [-0.1, -0.05) is 31.7 Å². The number of benzene rings is 1. The zero-order chi connectivity index (χ0) is 13.8. The molecular weight excluding hydrogens is 252 g/mol. The van der Waals surface area contributed by atoms with Gasteiger partial charge in [0.2, 0.25) is 6.79 Å². The molecule has 1 fully saturated rings. The molecule has 3 rings (SSSR count). The van der Waals surface area contributed by atoms with Crippen molar-refractivity contribution in [2.24, 2.45) is 0 Å². The molecule has 0 amide bonds. The minimum Gasteiger partial charge on any atom is -0.454 e. The molecule has 0 bridgehead atoms. The van der Waals surface area contributed by atoms with E-state index in [-0.39, 0.29) is 12.8 Å². The van der Waals surface area contributed by atoms with Crippen LogP contribution in [0.3, 0.4) is 0 Å². The summed E-state index contributed by atoms with van der Waals surface area (Å²) in [5.41, 5.74) is 0.959. The molecule has 4 nitrogen and oxygen atoms in total. The first kappa shape index (κ1) is 13.3. The molecule has 106 valence electrons. The van der Waals surface area contributed by atoms with E-state index in [0.717, 1.165) is 17.1 Å². The summed E-state index contributed by atoms with van der Waals surface area (Å²) in [6.07, 6.45) is 7.50. The maximum absolute atomic E-state index is 9.44. The second-order valence-corrected chi connectivity index (χ2v) is 5.53.